The van der Waals surface area contributed by atoms with E-state index in [1.807, 2.05) is 26.0 Å². The zero-order chi connectivity index (χ0) is 10.3. The highest BCUT2D eigenvalue weighted by Crippen LogP contribution is 2.18. The number of nitrogen functional groups attached to an aromatic ring is 1. The molecule has 72 valence electrons. The van der Waals surface area contributed by atoms with Crippen LogP contribution in [0.3, 0.4) is 0 Å². The molecule has 0 unspecified atom stereocenters. The summed E-state index contributed by atoms with van der Waals surface area (Å²) in [4.78, 5) is 14.4. The van der Waals surface area contributed by atoms with E-state index in [-0.39, 0.29) is 5.56 Å². The number of aromatic amines is 1. The molecule has 0 fully saturated rings. The van der Waals surface area contributed by atoms with Gasteiger partial charge in [0, 0.05) is 16.8 Å². The largest absolute Gasteiger partial charge is 0.399 e. The van der Waals surface area contributed by atoms with Crippen LogP contribution in [-0.4, -0.2) is 4.98 Å². The number of nitrogens with one attached hydrogen (secondary N) is 1. The minimum Gasteiger partial charge on any atom is -0.399 e. The third-order valence-electron chi connectivity index (χ3n) is 2.56. The van der Waals surface area contributed by atoms with E-state index in [0.29, 0.717) is 11.1 Å². The Morgan fingerprint density at radius 3 is 2.64 bits per heavy atom. The number of anilines is 1. The molecule has 0 spiro atoms. The summed E-state index contributed by atoms with van der Waals surface area (Å²) in [7, 11) is 0. The van der Waals surface area contributed by atoms with Gasteiger partial charge >= 0.3 is 0 Å². The van der Waals surface area contributed by atoms with Gasteiger partial charge in [-0.3, -0.25) is 4.79 Å². The van der Waals surface area contributed by atoms with Gasteiger partial charge in [-0.1, -0.05) is 6.07 Å². The Balaban J connectivity index is 3.02. The predicted octanol–water partition coefficient (Wildman–Crippen LogP) is 1.73. The fraction of sp³-hybridized carbons (Fsp3) is 0.182. The van der Waals surface area contributed by atoms with Crippen molar-refractivity contribution in [3.8, 4) is 0 Å². The van der Waals surface area contributed by atoms with E-state index >= 15 is 0 Å². The zero-order valence-corrected chi connectivity index (χ0v) is 8.22. The highest BCUT2D eigenvalue weighted by molar-refractivity contribution is 5.87. The molecule has 2 rings (SSSR count). The summed E-state index contributed by atoms with van der Waals surface area (Å²) in [6, 6.07) is 5.41. The van der Waals surface area contributed by atoms with Crippen molar-refractivity contribution in [3.05, 3.63) is 39.8 Å². The number of fused-ring (bicyclic) bond motifs is 1. The summed E-state index contributed by atoms with van der Waals surface area (Å²) in [6.45, 7) is 3.89. The summed E-state index contributed by atoms with van der Waals surface area (Å²) in [6.07, 6.45) is 0. The molecule has 0 atom stereocenters. The lowest BCUT2D eigenvalue weighted by Gasteiger charge is -2.05. The number of pyridine rings is 1. The van der Waals surface area contributed by atoms with Crippen LogP contribution in [-0.2, 0) is 0 Å². The Bertz CT molecular complexity index is 555. The molecule has 0 saturated carbocycles. The summed E-state index contributed by atoms with van der Waals surface area (Å²) < 4.78 is 0. The van der Waals surface area contributed by atoms with Crippen molar-refractivity contribution in [3.63, 3.8) is 0 Å². The van der Waals surface area contributed by atoms with Crippen molar-refractivity contribution in [1.82, 2.24) is 4.98 Å². The van der Waals surface area contributed by atoms with Gasteiger partial charge < -0.3 is 10.7 Å². The van der Waals surface area contributed by atoms with Crippen LogP contribution in [0.15, 0.2) is 23.0 Å². The summed E-state index contributed by atoms with van der Waals surface area (Å²) in [5.74, 6) is 0. The summed E-state index contributed by atoms with van der Waals surface area (Å²) >= 11 is 0. The molecule has 1 heterocycles. The lowest BCUT2D eigenvalue weighted by atomic mass is 10.1. The van der Waals surface area contributed by atoms with Gasteiger partial charge in [-0.25, -0.2) is 0 Å². The maximum Gasteiger partial charge on any atom is 0.256 e. The smallest absolute Gasteiger partial charge is 0.256 e. The first-order chi connectivity index (χ1) is 6.59. The Labute approximate surface area is 81.6 Å². The minimum atomic E-state index is -0.0737. The maximum absolute atomic E-state index is 11.6. The summed E-state index contributed by atoms with van der Waals surface area (Å²) in [5, 5.41) is 1.63. The molecule has 1 aromatic carbocycles. The van der Waals surface area contributed by atoms with Gasteiger partial charge in [0.15, 0.2) is 0 Å². The molecule has 0 saturated heterocycles. The van der Waals surface area contributed by atoms with Gasteiger partial charge in [0.1, 0.15) is 0 Å². The zero-order valence-electron chi connectivity index (χ0n) is 8.22. The van der Waals surface area contributed by atoms with E-state index in [2.05, 4.69) is 4.98 Å². The van der Waals surface area contributed by atoms with E-state index in [0.717, 1.165) is 16.6 Å². The Kier molecular flexibility index (Phi) is 1.81. The van der Waals surface area contributed by atoms with Gasteiger partial charge in [-0.15, -0.1) is 0 Å². The SMILES string of the molecule is Cc1[nH]c(=O)c2cc(N)ccc2c1C. The number of H-pyrrole nitrogens is 1. The fourth-order valence-corrected chi connectivity index (χ4v) is 1.61. The number of hydrogen-bond donors (Lipinski definition) is 2. The first kappa shape index (κ1) is 8.81. The topological polar surface area (TPSA) is 58.9 Å². The molecule has 0 aliphatic rings. The third-order valence-corrected chi connectivity index (χ3v) is 2.56. The average Bonchev–Trinajstić information content (AvgIpc) is 2.14. The fourth-order valence-electron chi connectivity index (χ4n) is 1.61. The molecule has 0 aliphatic carbocycles. The lowest BCUT2D eigenvalue weighted by Crippen LogP contribution is -2.09. The molecule has 3 N–H and O–H groups in total. The van der Waals surface area contributed by atoms with Crippen molar-refractivity contribution in [2.24, 2.45) is 0 Å². The molecule has 0 amide bonds. The van der Waals surface area contributed by atoms with Gasteiger partial charge in [0.05, 0.1) is 0 Å². The van der Waals surface area contributed by atoms with Crippen molar-refractivity contribution in [2.75, 3.05) is 5.73 Å². The standard InChI is InChI=1S/C11H12N2O/c1-6-7(2)13-11(14)10-5-8(12)3-4-9(6)10/h3-5H,12H2,1-2H3,(H,13,14). The van der Waals surface area contributed by atoms with Crippen LogP contribution in [0.25, 0.3) is 10.8 Å². The van der Waals surface area contributed by atoms with Crippen molar-refractivity contribution in [2.45, 2.75) is 13.8 Å². The Hall–Kier alpha value is -1.77. The van der Waals surface area contributed by atoms with Gasteiger partial charge in [-0.2, -0.15) is 0 Å². The van der Waals surface area contributed by atoms with E-state index < -0.39 is 0 Å². The molecule has 0 bridgehead atoms. The van der Waals surface area contributed by atoms with Crippen LogP contribution in [0, 0.1) is 13.8 Å². The maximum atomic E-state index is 11.6. The Morgan fingerprint density at radius 2 is 1.93 bits per heavy atom. The number of rotatable bonds is 0. The van der Waals surface area contributed by atoms with Gasteiger partial charge in [-0.05, 0) is 36.9 Å². The number of aryl methyl sites for hydroxylation is 2. The molecule has 14 heavy (non-hydrogen) atoms. The van der Waals surface area contributed by atoms with E-state index in [9.17, 15) is 4.79 Å². The monoisotopic (exact) mass is 188 g/mol. The quantitative estimate of drug-likeness (QED) is 0.618. The first-order valence-corrected chi connectivity index (χ1v) is 4.48. The van der Waals surface area contributed by atoms with E-state index in [4.69, 9.17) is 5.73 Å². The van der Waals surface area contributed by atoms with Crippen molar-refractivity contribution in [1.29, 1.82) is 0 Å². The number of aromatic nitrogens is 1. The molecular formula is C11H12N2O. The molecule has 3 heteroatoms. The second kappa shape index (κ2) is 2.87. The summed E-state index contributed by atoms with van der Waals surface area (Å²) in [5.41, 5.74) is 8.18. The van der Waals surface area contributed by atoms with E-state index in [1.165, 1.54) is 0 Å². The normalized spacial score (nSPS) is 10.7. The molecule has 3 nitrogen and oxygen atoms in total. The van der Waals surface area contributed by atoms with Crippen LogP contribution in [0.2, 0.25) is 0 Å². The van der Waals surface area contributed by atoms with Crippen LogP contribution in [0.5, 0.6) is 0 Å². The van der Waals surface area contributed by atoms with Gasteiger partial charge in [0.2, 0.25) is 0 Å². The van der Waals surface area contributed by atoms with E-state index in [1.54, 1.807) is 6.07 Å². The predicted molar refractivity (Wildman–Crippen MR) is 58.5 cm³/mol. The molecule has 2 aromatic rings. The van der Waals surface area contributed by atoms with Crippen molar-refractivity contribution < 1.29 is 0 Å². The number of benzene rings is 1. The Morgan fingerprint density at radius 1 is 1.21 bits per heavy atom. The molecule has 1 aromatic heterocycles. The molecule has 0 radical (unpaired) electrons. The number of nitrogens with two attached hydrogens (primary N) is 1. The second-order valence-electron chi connectivity index (χ2n) is 3.51. The highest BCUT2D eigenvalue weighted by Gasteiger charge is 2.04. The van der Waals surface area contributed by atoms with Crippen molar-refractivity contribution >= 4 is 16.5 Å². The molecule has 0 aliphatic heterocycles. The average molecular weight is 188 g/mol. The molecular weight excluding hydrogens is 176 g/mol. The minimum absolute atomic E-state index is 0.0737. The third kappa shape index (κ3) is 1.18. The van der Waals surface area contributed by atoms with Crippen LogP contribution in [0.1, 0.15) is 11.3 Å². The van der Waals surface area contributed by atoms with Gasteiger partial charge in [0.25, 0.3) is 5.56 Å². The van der Waals surface area contributed by atoms with Crippen LogP contribution in [0.4, 0.5) is 5.69 Å². The highest BCUT2D eigenvalue weighted by atomic mass is 16.1. The second-order valence-corrected chi connectivity index (χ2v) is 3.51. The first-order valence-electron chi connectivity index (χ1n) is 4.48. The number of hydrogen-bond acceptors (Lipinski definition) is 2. The van der Waals surface area contributed by atoms with Crippen LogP contribution < -0.4 is 11.3 Å². The lowest BCUT2D eigenvalue weighted by molar-refractivity contribution is 1.13. The van der Waals surface area contributed by atoms with Crippen LogP contribution >= 0.6 is 0 Å².